The van der Waals surface area contributed by atoms with Gasteiger partial charge in [-0.2, -0.15) is 0 Å². The van der Waals surface area contributed by atoms with Crippen molar-refractivity contribution in [3.8, 4) is 0 Å². The molecule has 5 aromatic rings. The predicted octanol–water partition coefficient (Wildman–Crippen LogP) is 6.24. The summed E-state index contributed by atoms with van der Waals surface area (Å²) < 4.78 is 34.5. The number of epoxide rings is 1. The second-order valence-corrected chi connectivity index (χ2v) is 8.93. The third-order valence-corrected chi connectivity index (χ3v) is 6.54. The molecular weight excluding hydrogens is 448 g/mol. The summed E-state index contributed by atoms with van der Waals surface area (Å²) in [7, 11) is 0. The second kappa shape index (κ2) is 7.68. The van der Waals surface area contributed by atoms with Crippen LogP contribution in [0.25, 0.3) is 21.8 Å². The molecule has 0 saturated carbocycles. The van der Waals surface area contributed by atoms with Gasteiger partial charge in [0.25, 0.3) is 0 Å². The number of hydrogen-bond acceptors (Lipinski definition) is 3. The fraction of sp³-hybridized carbons (Fsp3) is 0.103. The van der Waals surface area contributed by atoms with Crippen molar-refractivity contribution in [1.82, 2.24) is 4.57 Å². The molecule has 1 aliphatic heterocycles. The molecule has 4 aromatic carbocycles. The molecule has 2 heterocycles. The minimum Gasteiger partial charge on any atom is -0.348 e. The topological polar surface area (TPSA) is 51.6 Å². The second-order valence-electron chi connectivity index (χ2n) is 8.93. The number of halogens is 2. The zero-order valence-electron chi connectivity index (χ0n) is 18.7. The fourth-order valence-electron chi connectivity index (χ4n) is 4.58. The number of carbonyl (C=O) groups excluding carboxylic acids is 2. The van der Waals surface area contributed by atoms with Crippen LogP contribution in [0.1, 0.15) is 38.8 Å². The number of fused-ring (bicyclic) bond motifs is 3. The first-order valence-corrected chi connectivity index (χ1v) is 11.2. The van der Waals surface area contributed by atoms with Crippen LogP contribution < -0.4 is 0 Å². The van der Waals surface area contributed by atoms with Gasteiger partial charge in [0.2, 0.25) is 0 Å². The molecule has 1 fully saturated rings. The first-order valence-electron chi connectivity index (χ1n) is 11.2. The van der Waals surface area contributed by atoms with E-state index in [1.54, 1.807) is 24.3 Å². The molecule has 1 atom stereocenters. The van der Waals surface area contributed by atoms with E-state index in [1.807, 2.05) is 19.1 Å². The summed E-state index contributed by atoms with van der Waals surface area (Å²) in [5.41, 5.74) is 2.94. The lowest BCUT2D eigenvalue weighted by Crippen LogP contribution is -2.13. The monoisotopic (exact) mass is 467 g/mol. The van der Waals surface area contributed by atoms with Crippen molar-refractivity contribution in [1.29, 1.82) is 0 Å². The summed E-state index contributed by atoms with van der Waals surface area (Å²) in [5.74, 6) is -1.26. The Balaban J connectivity index is 1.52. The number of nitrogens with zero attached hydrogens (tertiary/aromatic N) is 1. The lowest BCUT2D eigenvalue weighted by Gasteiger charge is -2.12. The smallest absolute Gasteiger partial charge is 0.193 e. The molecule has 6 heteroatoms. The number of ether oxygens (including phenoxy) is 1. The van der Waals surface area contributed by atoms with Gasteiger partial charge in [-0.1, -0.05) is 0 Å². The molecule has 35 heavy (non-hydrogen) atoms. The van der Waals surface area contributed by atoms with Crippen LogP contribution in [0.3, 0.4) is 0 Å². The minimum absolute atomic E-state index is 0.222. The van der Waals surface area contributed by atoms with E-state index in [9.17, 15) is 18.4 Å². The van der Waals surface area contributed by atoms with Crippen LogP contribution in [-0.4, -0.2) is 22.7 Å². The van der Waals surface area contributed by atoms with Crippen LogP contribution in [-0.2, 0) is 10.5 Å². The molecule has 0 amide bonds. The highest BCUT2D eigenvalue weighted by atomic mass is 19.1. The molecule has 6 rings (SSSR count). The van der Waals surface area contributed by atoms with Crippen molar-refractivity contribution in [2.45, 2.75) is 12.6 Å². The van der Waals surface area contributed by atoms with Crippen LogP contribution in [0.5, 0.6) is 0 Å². The maximum atomic E-state index is 13.3. The van der Waals surface area contributed by atoms with Crippen LogP contribution in [0, 0.1) is 11.6 Å². The number of carbonyl (C=O) groups is 2. The highest BCUT2D eigenvalue weighted by Crippen LogP contribution is 2.42. The van der Waals surface area contributed by atoms with Crippen LogP contribution >= 0.6 is 0 Å². The normalized spacial score (nSPS) is 17.1. The lowest BCUT2D eigenvalue weighted by atomic mass is 9.99. The summed E-state index contributed by atoms with van der Waals surface area (Å²) in [6.07, 6.45) is 0. The Kier molecular flexibility index (Phi) is 4.69. The molecule has 172 valence electrons. The van der Waals surface area contributed by atoms with E-state index in [2.05, 4.69) is 4.57 Å². The predicted molar refractivity (Wildman–Crippen MR) is 129 cm³/mol. The van der Waals surface area contributed by atoms with E-state index in [0.717, 1.165) is 21.8 Å². The average Bonchev–Trinajstić information content (AvgIpc) is 3.53. The van der Waals surface area contributed by atoms with E-state index < -0.39 is 17.4 Å². The summed E-state index contributed by atoms with van der Waals surface area (Å²) >= 11 is 0. The summed E-state index contributed by atoms with van der Waals surface area (Å²) in [5, 5.41) is 1.61. The van der Waals surface area contributed by atoms with E-state index in [-0.39, 0.29) is 11.6 Å². The van der Waals surface area contributed by atoms with Gasteiger partial charge in [-0.05, 0) is 91.9 Å². The van der Waals surface area contributed by atoms with Crippen LogP contribution in [0.2, 0.25) is 0 Å². The van der Waals surface area contributed by atoms with Gasteiger partial charge in [0.1, 0.15) is 11.6 Å². The number of aromatic nitrogens is 1. The third kappa shape index (κ3) is 3.54. The van der Waals surface area contributed by atoms with Crippen LogP contribution in [0.4, 0.5) is 8.78 Å². The van der Waals surface area contributed by atoms with Crippen molar-refractivity contribution in [3.63, 3.8) is 0 Å². The van der Waals surface area contributed by atoms with Gasteiger partial charge < -0.3 is 9.30 Å². The van der Waals surface area contributed by atoms with E-state index in [1.165, 1.54) is 48.5 Å². The van der Waals surface area contributed by atoms with Gasteiger partial charge in [0.15, 0.2) is 17.3 Å². The standard InChI is InChI=1S/C29H19F2NO3/c1-29(16-35-29)32-25-12-6-19(27(33)17-2-8-21(30)9-3-17)14-23(25)24-15-20(7-13-26(24)32)28(34)18-4-10-22(31)11-5-18/h2-15H,16H2,1H3. The Morgan fingerprint density at radius 1 is 0.686 bits per heavy atom. The zero-order valence-corrected chi connectivity index (χ0v) is 18.7. The van der Waals surface area contributed by atoms with Gasteiger partial charge >= 0.3 is 0 Å². The number of rotatable bonds is 5. The van der Waals surface area contributed by atoms with Gasteiger partial charge in [-0.15, -0.1) is 0 Å². The summed E-state index contributed by atoms with van der Waals surface area (Å²) in [6, 6.07) is 21.7. The zero-order chi connectivity index (χ0) is 24.3. The largest absolute Gasteiger partial charge is 0.348 e. The van der Waals surface area contributed by atoms with Gasteiger partial charge in [0, 0.05) is 33.0 Å². The van der Waals surface area contributed by atoms with Crippen molar-refractivity contribution >= 4 is 33.4 Å². The van der Waals surface area contributed by atoms with Crippen molar-refractivity contribution in [2.24, 2.45) is 0 Å². The molecule has 1 unspecified atom stereocenters. The number of benzene rings is 4. The lowest BCUT2D eigenvalue weighted by molar-refractivity contribution is 0.103. The molecule has 4 nitrogen and oxygen atoms in total. The highest BCUT2D eigenvalue weighted by molar-refractivity contribution is 6.17. The maximum Gasteiger partial charge on any atom is 0.193 e. The van der Waals surface area contributed by atoms with Crippen molar-refractivity contribution in [3.05, 3.63) is 119 Å². The van der Waals surface area contributed by atoms with Crippen molar-refractivity contribution < 1.29 is 23.1 Å². The number of hydrogen-bond donors (Lipinski definition) is 0. The minimum atomic E-state index is -0.509. The molecule has 1 aromatic heterocycles. The first-order chi connectivity index (χ1) is 16.8. The maximum absolute atomic E-state index is 13.3. The average molecular weight is 467 g/mol. The number of ketones is 2. The molecule has 0 spiro atoms. The Morgan fingerprint density at radius 3 is 1.43 bits per heavy atom. The Labute approximate surface area is 199 Å². The van der Waals surface area contributed by atoms with Gasteiger partial charge in [-0.3, -0.25) is 9.59 Å². The Bertz CT molecular complexity index is 1530. The van der Waals surface area contributed by atoms with Gasteiger partial charge in [-0.25, -0.2) is 8.78 Å². The van der Waals surface area contributed by atoms with E-state index in [0.29, 0.717) is 28.9 Å². The van der Waals surface area contributed by atoms with Crippen LogP contribution in [0.15, 0.2) is 84.9 Å². The SMILES string of the molecule is CC1(n2c3ccc(C(=O)c4ccc(F)cc4)cc3c3cc(C(=O)c4ccc(F)cc4)ccc32)CO1. The first kappa shape index (κ1) is 21.4. The molecule has 1 saturated heterocycles. The molecule has 0 bridgehead atoms. The van der Waals surface area contributed by atoms with Crippen molar-refractivity contribution in [2.75, 3.05) is 6.61 Å². The molecule has 1 aliphatic rings. The molecule has 0 N–H and O–H groups in total. The molecule has 0 radical (unpaired) electrons. The van der Waals surface area contributed by atoms with Gasteiger partial charge in [0.05, 0.1) is 17.6 Å². The molecular formula is C29H19F2NO3. The Hall–Kier alpha value is -4.16. The fourth-order valence-corrected chi connectivity index (χ4v) is 4.58. The molecule has 0 aliphatic carbocycles. The van der Waals surface area contributed by atoms with E-state index >= 15 is 0 Å². The Morgan fingerprint density at radius 2 is 1.06 bits per heavy atom. The summed E-state index contributed by atoms with van der Waals surface area (Å²) in [4.78, 5) is 26.2. The quantitative estimate of drug-likeness (QED) is 0.227. The third-order valence-electron chi connectivity index (χ3n) is 6.54. The summed E-state index contributed by atoms with van der Waals surface area (Å²) in [6.45, 7) is 2.54. The van der Waals surface area contributed by atoms with E-state index in [4.69, 9.17) is 4.74 Å². The highest BCUT2D eigenvalue weighted by Gasteiger charge is 2.43.